The van der Waals surface area contributed by atoms with Gasteiger partial charge in [0, 0.05) is 29.8 Å². The molecule has 1 fully saturated rings. The van der Waals surface area contributed by atoms with Gasteiger partial charge < -0.3 is 10.6 Å². The van der Waals surface area contributed by atoms with Gasteiger partial charge in [-0.2, -0.15) is 0 Å². The Labute approximate surface area is 148 Å². The maximum absolute atomic E-state index is 12.4. The van der Waals surface area contributed by atoms with E-state index in [-0.39, 0.29) is 28.7 Å². The van der Waals surface area contributed by atoms with Crippen molar-refractivity contribution in [2.75, 3.05) is 10.6 Å². The van der Waals surface area contributed by atoms with E-state index < -0.39 is 15.8 Å². The van der Waals surface area contributed by atoms with E-state index in [2.05, 4.69) is 10.6 Å². The number of carbonyl (C=O) groups is 1. The van der Waals surface area contributed by atoms with Crippen LogP contribution in [0, 0.1) is 27.2 Å². The highest BCUT2D eigenvalue weighted by molar-refractivity contribution is 6.05. The second-order valence-electron chi connectivity index (χ2n) is 6.12. The van der Waals surface area contributed by atoms with Crippen molar-refractivity contribution in [1.29, 1.82) is 0 Å². The summed E-state index contributed by atoms with van der Waals surface area (Å²) in [7, 11) is 0. The Kier molecular flexibility index (Phi) is 4.53. The smallest absolute Gasteiger partial charge is 0.293 e. The lowest BCUT2D eigenvalue weighted by molar-refractivity contribution is -0.384. The SMILES string of the molecule is Cc1ccc([N+](=O)[O-])cc1NC(=O)c1ccc(NC2CC2)c([N+](=O)[O-])c1. The van der Waals surface area contributed by atoms with Gasteiger partial charge in [-0.3, -0.25) is 25.0 Å². The number of nitrogens with one attached hydrogen (secondary N) is 2. The van der Waals surface area contributed by atoms with Gasteiger partial charge in [0.15, 0.2) is 0 Å². The fraction of sp³-hybridized carbons (Fsp3) is 0.235. The number of anilines is 2. The van der Waals surface area contributed by atoms with Crippen LogP contribution in [0.3, 0.4) is 0 Å². The zero-order valence-corrected chi connectivity index (χ0v) is 13.9. The molecular weight excluding hydrogens is 340 g/mol. The molecule has 2 N–H and O–H groups in total. The van der Waals surface area contributed by atoms with Crippen molar-refractivity contribution >= 4 is 28.7 Å². The van der Waals surface area contributed by atoms with Crippen molar-refractivity contribution < 1.29 is 14.6 Å². The van der Waals surface area contributed by atoms with Crippen molar-refractivity contribution in [3.63, 3.8) is 0 Å². The molecule has 9 heteroatoms. The molecule has 0 bridgehead atoms. The van der Waals surface area contributed by atoms with Crippen LogP contribution in [-0.2, 0) is 0 Å². The maximum atomic E-state index is 12.4. The predicted molar refractivity (Wildman–Crippen MR) is 95.5 cm³/mol. The Morgan fingerprint density at radius 3 is 2.38 bits per heavy atom. The van der Waals surface area contributed by atoms with Gasteiger partial charge in [0.05, 0.1) is 15.5 Å². The summed E-state index contributed by atoms with van der Waals surface area (Å²) in [5.41, 5.74) is 1.07. The molecule has 1 saturated carbocycles. The van der Waals surface area contributed by atoms with Crippen LogP contribution in [-0.4, -0.2) is 21.8 Å². The van der Waals surface area contributed by atoms with E-state index in [1.54, 1.807) is 6.92 Å². The lowest BCUT2D eigenvalue weighted by Gasteiger charge is -2.10. The van der Waals surface area contributed by atoms with Gasteiger partial charge in [-0.1, -0.05) is 6.07 Å². The number of amides is 1. The van der Waals surface area contributed by atoms with E-state index in [0.29, 0.717) is 11.3 Å². The van der Waals surface area contributed by atoms with Crippen LogP contribution in [0.15, 0.2) is 36.4 Å². The van der Waals surface area contributed by atoms with Gasteiger partial charge >= 0.3 is 0 Å². The first kappa shape index (κ1) is 17.3. The van der Waals surface area contributed by atoms with Crippen molar-refractivity contribution in [3.8, 4) is 0 Å². The second kappa shape index (κ2) is 6.79. The molecule has 9 nitrogen and oxygen atoms in total. The molecule has 3 rings (SSSR count). The van der Waals surface area contributed by atoms with Gasteiger partial charge in [-0.25, -0.2) is 0 Å². The molecule has 0 atom stereocenters. The fourth-order valence-corrected chi connectivity index (χ4v) is 2.45. The Morgan fingerprint density at radius 2 is 1.77 bits per heavy atom. The summed E-state index contributed by atoms with van der Waals surface area (Å²) in [6.07, 6.45) is 1.93. The fourth-order valence-electron chi connectivity index (χ4n) is 2.45. The van der Waals surface area contributed by atoms with E-state index in [9.17, 15) is 25.0 Å². The molecule has 2 aromatic carbocycles. The zero-order valence-electron chi connectivity index (χ0n) is 13.9. The average molecular weight is 356 g/mol. The van der Waals surface area contributed by atoms with Crippen LogP contribution >= 0.6 is 0 Å². The number of hydrogen-bond acceptors (Lipinski definition) is 6. The van der Waals surface area contributed by atoms with E-state index in [4.69, 9.17) is 0 Å². The number of rotatable bonds is 6. The number of hydrogen-bond donors (Lipinski definition) is 2. The number of non-ortho nitro benzene ring substituents is 1. The van der Waals surface area contributed by atoms with Gasteiger partial charge in [-0.05, 0) is 37.5 Å². The average Bonchev–Trinajstić information content (AvgIpc) is 3.40. The van der Waals surface area contributed by atoms with Crippen molar-refractivity contribution in [3.05, 3.63) is 67.8 Å². The maximum Gasteiger partial charge on any atom is 0.293 e. The van der Waals surface area contributed by atoms with Crippen LogP contribution in [0.25, 0.3) is 0 Å². The molecular formula is C17H16N4O5. The number of nitro groups is 2. The van der Waals surface area contributed by atoms with E-state index in [1.165, 1.54) is 36.4 Å². The molecule has 0 radical (unpaired) electrons. The predicted octanol–water partition coefficient (Wildman–Crippen LogP) is 3.64. The molecule has 26 heavy (non-hydrogen) atoms. The third-order valence-corrected chi connectivity index (χ3v) is 4.07. The summed E-state index contributed by atoms with van der Waals surface area (Å²) in [6, 6.07) is 8.55. The molecule has 0 aliphatic heterocycles. The molecule has 0 saturated heterocycles. The number of nitro benzene ring substituents is 2. The third-order valence-electron chi connectivity index (χ3n) is 4.07. The van der Waals surface area contributed by atoms with Crippen LogP contribution in [0.4, 0.5) is 22.7 Å². The Morgan fingerprint density at radius 1 is 1.04 bits per heavy atom. The summed E-state index contributed by atoms with van der Waals surface area (Å²) in [6.45, 7) is 1.70. The minimum atomic E-state index is -0.574. The highest BCUT2D eigenvalue weighted by Crippen LogP contribution is 2.32. The molecule has 0 unspecified atom stereocenters. The molecule has 0 aromatic heterocycles. The van der Waals surface area contributed by atoms with E-state index >= 15 is 0 Å². The standard InChI is InChI=1S/C17H16N4O5/c1-10-2-6-13(20(23)24)9-15(10)19-17(22)11-3-7-14(18-12-4-5-12)16(8-11)21(25)26/h2-3,6-9,12,18H,4-5H2,1H3,(H,19,22). The first-order valence-corrected chi connectivity index (χ1v) is 7.96. The van der Waals surface area contributed by atoms with Crippen LogP contribution in [0.5, 0.6) is 0 Å². The molecule has 1 amide bonds. The highest BCUT2D eigenvalue weighted by atomic mass is 16.6. The van der Waals surface area contributed by atoms with E-state index in [1.807, 2.05) is 0 Å². The van der Waals surface area contributed by atoms with Crippen LogP contribution in [0.1, 0.15) is 28.8 Å². The lowest BCUT2D eigenvalue weighted by atomic mass is 10.1. The van der Waals surface area contributed by atoms with Gasteiger partial charge in [0.25, 0.3) is 17.3 Å². The second-order valence-corrected chi connectivity index (χ2v) is 6.12. The summed E-state index contributed by atoms with van der Waals surface area (Å²) in [4.78, 5) is 33.5. The van der Waals surface area contributed by atoms with Gasteiger partial charge in [0.1, 0.15) is 5.69 Å². The monoisotopic (exact) mass is 356 g/mol. The van der Waals surface area contributed by atoms with Crippen molar-refractivity contribution in [2.45, 2.75) is 25.8 Å². The first-order valence-electron chi connectivity index (χ1n) is 7.96. The van der Waals surface area contributed by atoms with Crippen molar-refractivity contribution in [2.24, 2.45) is 0 Å². The molecule has 1 aliphatic rings. The quantitative estimate of drug-likeness (QED) is 0.601. The summed E-state index contributed by atoms with van der Waals surface area (Å²) < 4.78 is 0. The molecule has 1 aliphatic carbocycles. The van der Waals surface area contributed by atoms with Crippen LogP contribution < -0.4 is 10.6 Å². The number of benzene rings is 2. The summed E-state index contributed by atoms with van der Waals surface area (Å²) >= 11 is 0. The minimum absolute atomic E-state index is 0.101. The molecule has 0 spiro atoms. The molecule has 0 heterocycles. The normalized spacial score (nSPS) is 13.1. The topological polar surface area (TPSA) is 127 Å². The van der Waals surface area contributed by atoms with E-state index in [0.717, 1.165) is 12.8 Å². The number of nitrogens with zero attached hydrogens (tertiary/aromatic N) is 2. The number of aryl methyl sites for hydroxylation is 1. The largest absolute Gasteiger partial charge is 0.377 e. The highest BCUT2D eigenvalue weighted by Gasteiger charge is 2.25. The minimum Gasteiger partial charge on any atom is -0.377 e. The first-order chi connectivity index (χ1) is 12.3. The molecule has 2 aromatic rings. The summed E-state index contributed by atoms with van der Waals surface area (Å²) in [5.74, 6) is -0.574. The van der Waals surface area contributed by atoms with Gasteiger partial charge in [0.2, 0.25) is 0 Å². The zero-order chi connectivity index (χ0) is 18.8. The summed E-state index contributed by atoms with van der Waals surface area (Å²) in [5, 5.41) is 27.8. The van der Waals surface area contributed by atoms with Crippen molar-refractivity contribution in [1.82, 2.24) is 0 Å². The lowest BCUT2D eigenvalue weighted by Crippen LogP contribution is -2.14. The Hall–Kier alpha value is -3.49. The van der Waals surface area contributed by atoms with Crippen LogP contribution in [0.2, 0.25) is 0 Å². The Bertz CT molecular complexity index is 908. The number of carbonyl (C=O) groups excluding carboxylic acids is 1. The van der Waals surface area contributed by atoms with Gasteiger partial charge in [-0.15, -0.1) is 0 Å². The third kappa shape index (κ3) is 3.77. The molecule has 134 valence electrons. The Balaban J connectivity index is 1.85.